The molecule has 1 heterocycles. The van der Waals surface area contributed by atoms with Crippen molar-refractivity contribution in [3.05, 3.63) is 51.7 Å². The Morgan fingerprint density at radius 1 is 1.00 bits per heavy atom. The number of benzene rings is 1. The van der Waals surface area contributed by atoms with Crippen LogP contribution in [0.3, 0.4) is 0 Å². The van der Waals surface area contributed by atoms with Crippen LogP contribution in [-0.4, -0.2) is 30.1 Å². The summed E-state index contributed by atoms with van der Waals surface area (Å²) in [4.78, 5) is 27.7. The third-order valence-electron chi connectivity index (χ3n) is 5.41. The quantitative estimate of drug-likeness (QED) is 0.266. The molecule has 1 atom stereocenters. The van der Waals surface area contributed by atoms with Crippen molar-refractivity contribution in [3.8, 4) is 0 Å². The molecule has 0 bridgehead atoms. The average molecular weight is 460 g/mol. The van der Waals surface area contributed by atoms with Gasteiger partial charge in [-0.15, -0.1) is 11.3 Å². The Morgan fingerprint density at radius 2 is 1.75 bits per heavy atom. The predicted octanol–water partition coefficient (Wildman–Crippen LogP) is 6.30. The fraction of sp³-hybridized carbons (Fsp3) is 0.538. The van der Waals surface area contributed by atoms with Crippen LogP contribution in [0.15, 0.2) is 36.4 Å². The second kappa shape index (κ2) is 14.1. The molecule has 2 rings (SSSR count). The highest BCUT2D eigenvalue weighted by Crippen LogP contribution is 2.24. The Labute approximate surface area is 196 Å². The highest BCUT2D eigenvalue weighted by Gasteiger charge is 2.14. The normalized spacial score (nSPS) is 11.9. The number of thiophene rings is 1. The number of anilines is 1. The van der Waals surface area contributed by atoms with Crippen molar-refractivity contribution in [2.45, 2.75) is 78.2 Å². The van der Waals surface area contributed by atoms with Gasteiger partial charge in [0.1, 0.15) is 4.88 Å². The SMILES string of the molecule is CCCCCC(O)c1ccc(N(CCCCc2ccc(C(=O)OCCC)s2)C(C)=O)cc1. The summed E-state index contributed by atoms with van der Waals surface area (Å²) in [6.45, 7) is 6.81. The lowest BCUT2D eigenvalue weighted by Gasteiger charge is -2.22. The van der Waals surface area contributed by atoms with Gasteiger partial charge in [-0.25, -0.2) is 4.79 Å². The Bertz CT molecular complexity index is 831. The Balaban J connectivity index is 1.83. The summed E-state index contributed by atoms with van der Waals surface area (Å²) in [5.74, 6) is -0.233. The molecule has 0 aliphatic rings. The van der Waals surface area contributed by atoms with E-state index in [9.17, 15) is 14.7 Å². The first-order valence-electron chi connectivity index (χ1n) is 11.8. The lowest BCUT2D eigenvalue weighted by Crippen LogP contribution is -2.29. The van der Waals surface area contributed by atoms with Crippen molar-refractivity contribution in [2.24, 2.45) is 0 Å². The van der Waals surface area contributed by atoms with Crippen LogP contribution in [0.25, 0.3) is 0 Å². The predicted molar refractivity (Wildman–Crippen MR) is 131 cm³/mol. The first-order valence-corrected chi connectivity index (χ1v) is 12.6. The van der Waals surface area contributed by atoms with Gasteiger partial charge in [0.05, 0.1) is 12.7 Å². The lowest BCUT2D eigenvalue weighted by molar-refractivity contribution is -0.116. The Morgan fingerprint density at radius 3 is 2.41 bits per heavy atom. The van der Waals surface area contributed by atoms with Gasteiger partial charge in [0.15, 0.2) is 0 Å². The number of esters is 1. The number of amides is 1. The molecule has 1 amide bonds. The molecule has 176 valence electrons. The van der Waals surface area contributed by atoms with E-state index in [0.29, 0.717) is 18.0 Å². The molecule has 2 aromatic rings. The average Bonchev–Trinajstić information content (AvgIpc) is 3.26. The molecule has 1 N–H and O–H groups in total. The van der Waals surface area contributed by atoms with Gasteiger partial charge in [-0.3, -0.25) is 4.79 Å². The van der Waals surface area contributed by atoms with E-state index < -0.39 is 6.10 Å². The zero-order valence-electron chi connectivity index (χ0n) is 19.6. The molecular weight excluding hydrogens is 422 g/mol. The first kappa shape index (κ1) is 26.1. The maximum Gasteiger partial charge on any atom is 0.348 e. The summed E-state index contributed by atoms with van der Waals surface area (Å²) < 4.78 is 5.18. The maximum atomic E-state index is 12.2. The molecule has 0 spiro atoms. The van der Waals surface area contributed by atoms with Crippen molar-refractivity contribution in [1.29, 1.82) is 0 Å². The van der Waals surface area contributed by atoms with Gasteiger partial charge in [-0.2, -0.15) is 0 Å². The molecule has 1 aromatic carbocycles. The Hall–Kier alpha value is -2.18. The molecular formula is C26H37NO4S. The van der Waals surface area contributed by atoms with Crippen molar-refractivity contribution in [1.82, 2.24) is 0 Å². The number of ether oxygens (including phenoxy) is 1. The summed E-state index contributed by atoms with van der Waals surface area (Å²) in [6.07, 6.45) is 7.10. The third-order valence-corrected chi connectivity index (χ3v) is 6.53. The van der Waals surface area contributed by atoms with Crippen LogP contribution in [0.2, 0.25) is 0 Å². The molecule has 1 unspecified atom stereocenters. The molecule has 0 saturated heterocycles. The molecule has 0 fully saturated rings. The van der Waals surface area contributed by atoms with E-state index in [1.165, 1.54) is 11.3 Å². The fourth-order valence-electron chi connectivity index (χ4n) is 3.56. The monoisotopic (exact) mass is 459 g/mol. The summed E-state index contributed by atoms with van der Waals surface area (Å²) in [7, 11) is 0. The third kappa shape index (κ3) is 8.40. The molecule has 1 aromatic heterocycles. The molecule has 32 heavy (non-hydrogen) atoms. The highest BCUT2D eigenvalue weighted by molar-refractivity contribution is 7.13. The minimum Gasteiger partial charge on any atom is -0.462 e. The number of hydrogen-bond donors (Lipinski definition) is 1. The molecule has 5 nitrogen and oxygen atoms in total. The lowest BCUT2D eigenvalue weighted by atomic mass is 10.0. The van der Waals surface area contributed by atoms with Gasteiger partial charge in [0, 0.05) is 24.0 Å². The molecule has 0 radical (unpaired) electrons. The van der Waals surface area contributed by atoms with Gasteiger partial charge in [0.25, 0.3) is 0 Å². The van der Waals surface area contributed by atoms with E-state index in [1.807, 2.05) is 43.3 Å². The van der Waals surface area contributed by atoms with Crippen LogP contribution in [0.1, 0.15) is 91.9 Å². The fourth-order valence-corrected chi connectivity index (χ4v) is 4.50. The molecule has 6 heteroatoms. The number of nitrogens with zero attached hydrogens (tertiary/aromatic N) is 1. The number of rotatable bonds is 14. The van der Waals surface area contributed by atoms with Crippen LogP contribution in [0.4, 0.5) is 5.69 Å². The highest BCUT2D eigenvalue weighted by atomic mass is 32.1. The van der Waals surface area contributed by atoms with Gasteiger partial charge in [-0.05, 0) is 61.9 Å². The second-order valence-electron chi connectivity index (χ2n) is 8.13. The summed E-state index contributed by atoms with van der Waals surface area (Å²) in [6, 6.07) is 11.5. The number of hydrogen-bond acceptors (Lipinski definition) is 5. The smallest absolute Gasteiger partial charge is 0.348 e. The number of aryl methyl sites for hydroxylation is 1. The standard InChI is InChI=1S/C26H37NO4S/c1-4-6-7-11-24(29)21-12-14-22(15-13-21)27(20(3)28)18-9-8-10-23-16-17-25(32-23)26(30)31-19-5-2/h12-17,24,29H,4-11,18-19H2,1-3H3. The van der Waals surface area contributed by atoms with Crippen LogP contribution in [-0.2, 0) is 16.0 Å². The van der Waals surface area contributed by atoms with Gasteiger partial charge in [0.2, 0.25) is 5.91 Å². The van der Waals surface area contributed by atoms with E-state index in [1.54, 1.807) is 11.8 Å². The number of carbonyl (C=O) groups excluding carboxylic acids is 2. The van der Waals surface area contributed by atoms with Gasteiger partial charge >= 0.3 is 5.97 Å². The van der Waals surface area contributed by atoms with Crippen LogP contribution < -0.4 is 4.90 Å². The van der Waals surface area contributed by atoms with Gasteiger partial charge in [-0.1, -0.05) is 45.2 Å². The number of aliphatic hydroxyl groups excluding tert-OH is 1. The van der Waals surface area contributed by atoms with Crippen LogP contribution in [0, 0.1) is 0 Å². The van der Waals surface area contributed by atoms with Crippen molar-refractivity contribution < 1.29 is 19.4 Å². The van der Waals surface area contributed by atoms with E-state index in [-0.39, 0.29) is 11.9 Å². The summed E-state index contributed by atoms with van der Waals surface area (Å²) >= 11 is 1.49. The second-order valence-corrected chi connectivity index (χ2v) is 9.30. The topological polar surface area (TPSA) is 66.8 Å². The van der Waals surface area contributed by atoms with E-state index in [0.717, 1.165) is 67.5 Å². The number of aliphatic hydroxyl groups is 1. The van der Waals surface area contributed by atoms with Crippen molar-refractivity contribution >= 4 is 28.9 Å². The molecule has 0 aliphatic heterocycles. The van der Waals surface area contributed by atoms with E-state index in [2.05, 4.69) is 6.92 Å². The van der Waals surface area contributed by atoms with E-state index >= 15 is 0 Å². The maximum absolute atomic E-state index is 12.2. The van der Waals surface area contributed by atoms with Crippen LogP contribution in [0.5, 0.6) is 0 Å². The number of carbonyl (C=O) groups is 2. The minimum absolute atomic E-state index is 0.0123. The minimum atomic E-state index is -0.448. The van der Waals surface area contributed by atoms with Gasteiger partial charge < -0.3 is 14.7 Å². The van der Waals surface area contributed by atoms with Crippen LogP contribution >= 0.6 is 11.3 Å². The first-order chi connectivity index (χ1) is 15.5. The summed E-state index contributed by atoms with van der Waals surface area (Å²) in [5, 5.41) is 10.3. The molecule has 0 aliphatic carbocycles. The summed E-state index contributed by atoms with van der Waals surface area (Å²) in [5.41, 5.74) is 1.76. The van der Waals surface area contributed by atoms with Crippen molar-refractivity contribution in [2.75, 3.05) is 18.1 Å². The molecule has 0 saturated carbocycles. The van der Waals surface area contributed by atoms with E-state index in [4.69, 9.17) is 4.74 Å². The largest absolute Gasteiger partial charge is 0.462 e. The number of unbranched alkanes of at least 4 members (excludes halogenated alkanes) is 3. The van der Waals surface area contributed by atoms with Crippen molar-refractivity contribution in [3.63, 3.8) is 0 Å². The zero-order chi connectivity index (χ0) is 23.3. The Kier molecular flexibility index (Phi) is 11.5. The zero-order valence-corrected chi connectivity index (χ0v) is 20.5.